The number of carbonyl (C=O) groups excluding carboxylic acids is 3. The Labute approximate surface area is 134 Å². The largest absolute Gasteiger partial charge is 0.469 e. The van der Waals surface area contributed by atoms with Crippen molar-refractivity contribution in [3.05, 3.63) is 12.3 Å². The number of amides is 2. The van der Waals surface area contributed by atoms with Crippen LogP contribution < -0.4 is 5.32 Å². The highest BCUT2D eigenvalue weighted by Crippen LogP contribution is 2.30. The van der Waals surface area contributed by atoms with E-state index < -0.39 is 0 Å². The molecular formula is C15H21N3O5. The predicted octanol–water partition coefficient (Wildman–Crippen LogP) is 1.19. The van der Waals surface area contributed by atoms with Crippen molar-refractivity contribution in [1.82, 2.24) is 10.1 Å². The van der Waals surface area contributed by atoms with E-state index in [2.05, 4.69) is 19.7 Å². The molecule has 1 saturated carbocycles. The zero-order valence-electron chi connectivity index (χ0n) is 13.1. The molecule has 0 bridgehead atoms. The number of hydrogen-bond donors (Lipinski definition) is 1. The van der Waals surface area contributed by atoms with E-state index in [0.717, 1.165) is 12.8 Å². The number of hydrogen-bond acceptors (Lipinski definition) is 6. The summed E-state index contributed by atoms with van der Waals surface area (Å²) in [6.45, 7) is 0.545. The topological polar surface area (TPSA) is 102 Å². The fourth-order valence-electron chi connectivity index (χ4n) is 2.14. The molecule has 1 heterocycles. The maximum absolute atomic E-state index is 12.3. The number of nitrogens with one attached hydrogen (secondary N) is 1. The molecule has 2 rings (SSSR count). The molecule has 8 nitrogen and oxygen atoms in total. The molecule has 1 aliphatic rings. The second-order valence-corrected chi connectivity index (χ2v) is 5.58. The van der Waals surface area contributed by atoms with E-state index in [1.54, 1.807) is 4.90 Å². The van der Waals surface area contributed by atoms with Crippen LogP contribution in [0.5, 0.6) is 0 Å². The van der Waals surface area contributed by atoms with Crippen LogP contribution in [-0.4, -0.2) is 48.0 Å². The zero-order chi connectivity index (χ0) is 16.7. The van der Waals surface area contributed by atoms with E-state index in [1.807, 2.05) is 0 Å². The van der Waals surface area contributed by atoms with Crippen molar-refractivity contribution in [2.45, 2.75) is 32.1 Å². The Morgan fingerprint density at radius 2 is 2.17 bits per heavy atom. The third kappa shape index (κ3) is 6.09. The van der Waals surface area contributed by atoms with E-state index in [1.165, 1.54) is 19.4 Å². The molecule has 0 aliphatic heterocycles. The first-order valence-electron chi connectivity index (χ1n) is 7.63. The van der Waals surface area contributed by atoms with Gasteiger partial charge in [0.2, 0.25) is 11.8 Å². The molecule has 0 radical (unpaired) electrons. The molecule has 23 heavy (non-hydrogen) atoms. The third-order valence-corrected chi connectivity index (χ3v) is 3.57. The highest BCUT2D eigenvalue weighted by Gasteiger charge is 2.28. The fraction of sp³-hybridized carbons (Fsp3) is 0.600. The average molecular weight is 323 g/mol. The van der Waals surface area contributed by atoms with Gasteiger partial charge >= 0.3 is 5.97 Å². The minimum atomic E-state index is -0.338. The molecule has 1 aliphatic carbocycles. The molecule has 0 atom stereocenters. The Balaban J connectivity index is 1.81. The Morgan fingerprint density at radius 1 is 1.39 bits per heavy atom. The van der Waals surface area contributed by atoms with E-state index in [9.17, 15) is 14.4 Å². The van der Waals surface area contributed by atoms with Gasteiger partial charge in [-0.05, 0) is 25.2 Å². The summed E-state index contributed by atoms with van der Waals surface area (Å²) < 4.78 is 9.19. The lowest BCUT2D eigenvalue weighted by molar-refractivity contribution is -0.141. The summed E-state index contributed by atoms with van der Waals surface area (Å²) >= 11 is 0. The average Bonchev–Trinajstić information content (AvgIpc) is 3.20. The molecule has 8 heteroatoms. The van der Waals surface area contributed by atoms with Gasteiger partial charge in [0.15, 0.2) is 5.82 Å². The summed E-state index contributed by atoms with van der Waals surface area (Å²) in [6, 6.07) is 1.53. The SMILES string of the molecule is COC(=O)CCCC(=O)N(CC(=O)Nc1ccon1)CC1CC1. The predicted molar refractivity (Wildman–Crippen MR) is 80.3 cm³/mol. The number of nitrogens with zero attached hydrogens (tertiary/aromatic N) is 2. The van der Waals surface area contributed by atoms with E-state index in [-0.39, 0.29) is 37.2 Å². The van der Waals surface area contributed by atoms with Crippen LogP contribution in [0, 0.1) is 5.92 Å². The molecule has 1 fully saturated rings. The van der Waals surface area contributed by atoms with Crippen LogP contribution in [0.25, 0.3) is 0 Å². The highest BCUT2D eigenvalue weighted by molar-refractivity contribution is 5.93. The number of aromatic nitrogens is 1. The first-order chi connectivity index (χ1) is 11.1. The highest BCUT2D eigenvalue weighted by atomic mass is 16.5. The standard InChI is InChI=1S/C15H21N3O5/c1-22-15(21)4-2-3-14(20)18(9-11-5-6-11)10-13(19)16-12-7-8-23-17-12/h7-8,11H,2-6,9-10H2,1H3,(H,16,17,19). The minimum Gasteiger partial charge on any atom is -0.469 e. The van der Waals surface area contributed by atoms with Crippen molar-refractivity contribution in [1.29, 1.82) is 0 Å². The van der Waals surface area contributed by atoms with Crippen LogP contribution in [-0.2, 0) is 19.1 Å². The van der Waals surface area contributed by atoms with Crippen LogP contribution in [0.15, 0.2) is 16.9 Å². The van der Waals surface area contributed by atoms with Gasteiger partial charge in [-0.1, -0.05) is 5.16 Å². The maximum Gasteiger partial charge on any atom is 0.305 e. The van der Waals surface area contributed by atoms with Crippen molar-refractivity contribution in [2.75, 3.05) is 25.5 Å². The molecule has 2 amide bonds. The number of carbonyl (C=O) groups is 3. The lowest BCUT2D eigenvalue weighted by atomic mass is 10.2. The molecule has 0 spiro atoms. The summed E-state index contributed by atoms with van der Waals surface area (Å²) in [6.07, 6.45) is 4.35. The number of anilines is 1. The number of ether oxygens (including phenoxy) is 1. The van der Waals surface area contributed by atoms with Gasteiger partial charge in [0.05, 0.1) is 13.7 Å². The van der Waals surface area contributed by atoms with Crippen molar-refractivity contribution >= 4 is 23.6 Å². The quantitative estimate of drug-likeness (QED) is 0.685. The Kier molecular flexibility index (Phi) is 6.13. The fourth-order valence-corrected chi connectivity index (χ4v) is 2.14. The molecule has 1 aromatic heterocycles. The second kappa shape index (κ2) is 8.30. The summed E-state index contributed by atoms with van der Waals surface area (Å²) in [5, 5.41) is 6.17. The first kappa shape index (κ1) is 17.0. The van der Waals surface area contributed by atoms with Gasteiger partial charge < -0.3 is 19.5 Å². The third-order valence-electron chi connectivity index (χ3n) is 3.57. The molecule has 0 aromatic carbocycles. The van der Waals surface area contributed by atoms with Gasteiger partial charge in [-0.15, -0.1) is 0 Å². The molecule has 1 aromatic rings. The van der Waals surface area contributed by atoms with Crippen molar-refractivity contribution in [3.63, 3.8) is 0 Å². The molecule has 0 saturated heterocycles. The maximum atomic E-state index is 12.3. The van der Waals surface area contributed by atoms with Crippen molar-refractivity contribution in [3.8, 4) is 0 Å². The summed E-state index contributed by atoms with van der Waals surface area (Å²) in [7, 11) is 1.32. The van der Waals surface area contributed by atoms with Crippen LogP contribution in [0.3, 0.4) is 0 Å². The van der Waals surface area contributed by atoms with Crippen LogP contribution in [0.4, 0.5) is 5.82 Å². The van der Waals surface area contributed by atoms with Crippen LogP contribution in [0.2, 0.25) is 0 Å². The van der Waals surface area contributed by atoms with Gasteiger partial charge in [0.25, 0.3) is 0 Å². The number of methoxy groups -OCH3 is 1. The van der Waals surface area contributed by atoms with Gasteiger partial charge in [-0.25, -0.2) is 0 Å². The lowest BCUT2D eigenvalue weighted by Crippen LogP contribution is -2.39. The molecule has 0 unspecified atom stereocenters. The van der Waals surface area contributed by atoms with Gasteiger partial charge in [-0.2, -0.15) is 0 Å². The van der Waals surface area contributed by atoms with E-state index in [4.69, 9.17) is 0 Å². The number of esters is 1. The Morgan fingerprint density at radius 3 is 2.78 bits per heavy atom. The van der Waals surface area contributed by atoms with Gasteiger partial charge in [-0.3, -0.25) is 14.4 Å². The van der Waals surface area contributed by atoms with E-state index >= 15 is 0 Å². The minimum absolute atomic E-state index is 0.0274. The smallest absolute Gasteiger partial charge is 0.305 e. The second-order valence-electron chi connectivity index (χ2n) is 5.58. The van der Waals surface area contributed by atoms with E-state index in [0.29, 0.717) is 24.7 Å². The zero-order valence-corrected chi connectivity index (χ0v) is 13.1. The molecule has 126 valence electrons. The summed E-state index contributed by atoms with van der Waals surface area (Å²) in [5.41, 5.74) is 0. The summed E-state index contributed by atoms with van der Waals surface area (Å²) in [4.78, 5) is 36.9. The molecular weight excluding hydrogens is 302 g/mol. The lowest BCUT2D eigenvalue weighted by Gasteiger charge is -2.21. The Bertz CT molecular complexity index is 539. The number of rotatable bonds is 9. The normalized spacial score (nSPS) is 13.4. The van der Waals surface area contributed by atoms with Crippen LogP contribution in [0.1, 0.15) is 32.1 Å². The van der Waals surface area contributed by atoms with Crippen molar-refractivity contribution in [2.24, 2.45) is 5.92 Å². The Hall–Kier alpha value is -2.38. The molecule has 1 N–H and O–H groups in total. The van der Waals surface area contributed by atoms with Crippen LogP contribution >= 0.6 is 0 Å². The monoisotopic (exact) mass is 323 g/mol. The summed E-state index contributed by atoms with van der Waals surface area (Å²) in [5.74, 6) is 0.00575. The van der Waals surface area contributed by atoms with Gasteiger partial charge in [0, 0.05) is 25.5 Å². The first-order valence-corrected chi connectivity index (χ1v) is 7.63. The van der Waals surface area contributed by atoms with Crippen molar-refractivity contribution < 1.29 is 23.6 Å². The van der Waals surface area contributed by atoms with Gasteiger partial charge in [0.1, 0.15) is 6.26 Å².